The van der Waals surface area contributed by atoms with E-state index < -0.39 is 57.2 Å². The standard InChI is InChI=1S/C16H21F2NOS.C13H13F6NO.C2H2/c17-13-3-4-15(16(18)10-13)12-2-1-7-19(11-12)14-5-8-21(20)9-6-14;1-11(2,10(21)20-3)7-4-8(12(14,15)16)6-9(5-7)13(17,18)19;1-2/h3-4,10,12,14H,1-2,5-9,11H2;4-6H,1-3H3,(H,20,21);1-2H/t12-,14?,21?;;/m1../s1. The average Bonchev–Trinajstić information content (AvgIpc) is 2.97. The van der Waals surface area contributed by atoms with Crippen LogP contribution < -0.4 is 5.32 Å². The quantitative estimate of drug-likeness (QED) is 0.285. The highest BCUT2D eigenvalue weighted by Crippen LogP contribution is 2.39. The lowest BCUT2D eigenvalue weighted by atomic mass is 9.82. The molecule has 2 fully saturated rings. The zero-order chi connectivity index (χ0) is 33.5. The molecule has 0 radical (unpaired) electrons. The minimum atomic E-state index is -4.94. The van der Waals surface area contributed by atoms with E-state index in [0.717, 1.165) is 56.3 Å². The lowest BCUT2D eigenvalue weighted by Crippen LogP contribution is -2.45. The summed E-state index contributed by atoms with van der Waals surface area (Å²) in [7, 11) is 0.608. The van der Waals surface area contributed by atoms with E-state index in [1.54, 1.807) is 6.07 Å². The van der Waals surface area contributed by atoms with E-state index >= 15 is 0 Å². The van der Waals surface area contributed by atoms with Gasteiger partial charge in [-0.2, -0.15) is 26.3 Å². The van der Waals surface area contributed by atoms with Crippen LogP contribution in [0.4, 0.5) is 35.1 Å². The number of piperidine rings is 1. The summed E-state index contributed by atoms with van der Waals surface area (Å²) in [6.45, 7) is 4.37. The maximum atomic E-state index is 14.0. The minimum Gasteiger partial charge on any atom is -0.358 e. The Balaban J connectivity index is 0.000000291. The van der Waals surface area contributed by atoms with Crippen molar-refractivity contribution < 1.29 is 44.1 Å². The van der Waals surface area contributed by atoms with Gasteiger partial charge >= 0.3 is 12.4 Å². The molecule has 1 atom stereocenters. The average molecular weight is 653 g/mol. The van der Waals surface area contributed by atoms with Gasteiger partial charge in [-0.05, 0) is 87.4 Å². The monoisotopic (exact) mass is 652 g/mol. The number of likely N-dealkylation sites (tertiary alicyclic amines) is 1. The van der Waals surface area contributed by atoms with Crippen LogP contribution in [0.5, 0.6) is 0 Å². The lowest BCUT2D eigenvalue weighted by Gasteiger charge is -2.40. The van der Waals surface area contributed by atoms with Crippen molar-refractivity contribution in [2.24, 2.45) is 0 Å². The van der Waals surface area contributed by atoms with E-state index in [9.17, 15) is 44.1 Å². The maximum Gasteiger partial charge on any atom is 0.416 e. The topological polar surface area (TPSA) is 49.4 Å². The van der Waals surface area contributed by atoms with Crippen LogP contribution in [-0.2, 0) is 33.4 Å². The zero-order valence-electron chi connectivity index (χ0n) is 24.6. The zero-order valence-corrected chi connectivity index (χ0v) is 25.4. The van der Waals surface area contributed by atoms with Gasteiger partial charge in [-0.1, -0.05) is 6.07 Å². The van der Waals surface area contributed by atoms with Gasteiger partial charge in [0, 0.05) is 48.0 Å². The molecule has 2 aliphatic rings. The Hall–Kier alpha value is -2.98. The first kappa shape index (κ1) is 37.2. The van der Waals surface area contributed by atoms with Crippen LogP contribution in [0.25, 0.3) is 0 Å². The molecule has 13 heteroatoms. The Morgan fingerprint density at radius 3 is 1.89 bits per heavy atom. The Labute approximate surface area is 255 Å². The first-order valence-corrected chi connectivity index (χ1v) is 15.3. The molecular weight excluding hydrogens is 616 g/mol. The molecule has 0 bridgehead atoms. The molecule has 2 aliphatic heterocycles. The van der Waals surface area contributed by atoms with Crippen LogP contribution >= 0.6 is 0 Å². The van der Waals surface area contributed by atoms with Gasteiger partial charge in [0.2, 0.25) is 5.91 Å². The first-order chi connectivity index (χ1) is 20.4. The molecule has 0 aliphatic carbocycles. The molecule has 1 N–H and O–H groups in total. The molecule has 2 aromatic rings. The summed E-state index contributed by atoms with van der Waals surface area (Å²) in [5.74, 6) is 0.0972. The van der Waals surface area contributed by atoms with E-state index in [1.165, 1.54) is 27.0 Å². The predicted molar refractivity (Wildman–Crippen MR) is 154 cm³/mol. The number of benzene rings is 2. The molecule has 2 saturated heterocycles. The van der Waals surface area contributed by atoms with Crippen LogP contribution in [0.1, 0.15) is 67.7 Å². The number of rotatable bonds is 4. The lowest BCUT2D eigenvalue weighted by molar-refractivity contribution is -0.143. The summed E-state index contributed by atoms with van der Waals surface area (Å²) in [5, 5.41) is 2.22. The number of halogens is 8. The third kappa shape index (κ3) is 9.76. The number of alkyl halides is 6. The van der Waals surface area contributed by atoms with Gasteiger partial charge in [0.1, 0.15) is 11.6 Å². The normalized spacial score (nSPS) is 21.2. The fourth-order valence-electron chi connectivity index (χ4n) is 5.33. The second-order valence-electron chi connectivity index (χ2n) is 11.1. The number of amides is 1. The molecule has 0 saturated carbocycles. The van der Waals surface area contributed by atoms with Crippen molar-refractivity contribution in [3.63, 3.8) is 0 Å². The molecule has 244 valence electrons. The van der Waals surface area contributed by atoms with Gasteiger partial charge in [0.15, 0.2) is 0 Å². The molecule has 0 unspecified atom stereocenters. The second-order valence-corrected chi connectivity index (χ2v) is 12.8. The highest BCUT2D eigenvalue weighted by atomic mass is 32.2. The Kier molecular flexibility index (Phi) is 13.0. The van der Waals surface area contributed by atoms with Gasteiger partial charge in [0.25, 0.3) is 0 Å². The van der Waals surface area contributed by atoms with E-state index in [-0.39, 0.29) is 17.5 Å². The minimum absolute atomic E-state index is 0.0312. The number of hydrogen-bond donors (Lipinski definition) is 1. The number of carbonyl (C=O) groups excluding carboxylic acids is 1. The molecule has 2 aromatic carbocycles. The number of nitrogens with zero attached hydrogens (tertiary/aromatic N) is 1. The second kappa shape index (κ2) is 15.3. The van der Waals surface area contributed by atoms with Crippen molar-refractivity contribution >= 4 is 16.7 Å². The third-order valence-electron chi connectivity index (χ3n) is 7.83. The molecule has 2 heterocycles. The van der Waals surface area contributed by atoms with Crippen molar-refractivity contribution in [3.8, 4) is 12.8 Å². The van der Waals surface area contributed by atoms with Crippen molar-refractivity contribution in [2.75, 3.05) is 31.6 Å². The fraction of sp³-hybridized carbons (Fsp3) is 0.516. The molecule has 4 rings (SSSR count). The number of hydrogen-bond acceptors (Lipinski definition) is 3. The van der Waals surface area contributed by atoms with Crippen LogP contribution in [0.15, 0.2) is 36.4 Å². The summed E-state index contributed by atoms with van der Waals surface area (Å²) in [5.41, 5.74) is -4.13. The summed E-state index contributed by atoms with van der Waals surface area (Å²) in [6, 6.07) is 5.56. The van der Waals surface area contributed by atoms with Crippen molar-refractivity contribution in [1.82, 2.24) is 10.2 Å². The van der Waals surface area contributed by atoms with Crippen molar-refractivity contribution in [2.45, 2.75) is 69.3 Å². The Morgan fingerprint density at radius 1 is 0.886 bits per heavy atom. The number of nitrogens with one attached hydrogen (secondary N) is 1. The van der Waals surface area contributed by atoms with Gasteiger partial charge < -0.3 is 5.32 Å². The molecule has 1 amide bonds. The van der Waals surface area contributed by atoms with Crippen molar-refractivity contribution in [1.29, 1.82) is 0 Å². The summed E-state index contributed by atoms with van der Waals surface area (Å²) < 4.78 is 115. The van der Waals surface area contributed by atoms with E-state index in [4.69, 9.17) is 0 Å². The van der Waals surface area contributed by atoms with E-state index in [1.807, 2.05) is 0 Å². The number of likely N-dealkylation sites (N-methyl/N-ethyl adjacent to an activating group) is 1. The van der Waals surface area contributed by atoms with E-state index in [2.05, 4.69) is 23.1 Å². The highest BCUT2D eigenvalue weighted by molar-refractivity contribution is 7.85. The predicted octanol–water partition coefficient (Wildman–Crippen LogP) is 7.05. The third-order valence-corrected chi connectivity index (χ3v) is 9.22. The van der Waals surface area contributed by atoms with Gasteiger partial charge in [-0.15, -0.1) is 12.8 Å². The first-order valence-electron chi connectivity index (χ1n) is 13.8. The molecular formula is C31H36F8N2O2S. The number of carbonyl (C=O) groups is 1. The molecule has 44 heavy (non-hydrogen) atoms. The molecule has 0 spiro atoms. The largest absolute Gasteiger partial charge is 0.416 e. The van der Waals surface area contributed by atoms with Crippen LogP contribution in [0.3, 0.4) is 0 Å². The summed E-state index contributed by atoms with van der Waals surface area (Å²) in [4.78, 5) is 14.1. The van der Waals surface area contributed by atoms with Crippen LogP contribution in [0.2, 0.25) is 0 Å². The van der Waals surface area contributed by atoms with Crippen LogP contribution in [-0.4, -0.2) is 52.7 Å². The van der Waals surface area contributed by atoms with Crippen LogP contribution in [0, 0.1) is 24.5 Å². The Morgan fingerprint density at radius 2 is 1.41 bits per heavy atom. The summed E-state index contributed by atoms with van der Waals surface area (Å²) >= 11 is 0. The van der Waals surface area contributed by atoms with E-state index in [0.29, 0.717) is 23.7 Å². The molecule has 0 aromatic heterocycles. The summed E-state index contributed by atoms with van der Waals surface area (Å²) in [6.07, 6.45) is 2.08. The fourth-order valence-corrected chi connectivity index (χ4v) is 6.60. The van der Waals surface area contributed by atoms with Gasteiger partial charge in [0.05, 0.1) is 16.5 Å². The van der Waals surface area contributed by atoms with Gasteiger partial charge in [-0.3, -0.25) is 13.9 Å². The highest BCUT2D eigenvalue weighted by Gasteiger charge is 2.40. The Bertz CT molecular complexity index is 1280. The van der Waals surface area contributed by atoms with Gasteiger partial charge in [-0.25, -0.2) is 8.78 Å². The van der Waals surface area contributed by atoms with Crippen molar-refractivity contribution in [3.05, 3.63) is 70.3 Å². The maximum absolute atomic E-state index is 14.0. The SMILES string of the molecule is C#C.CNC(=O)C(C)(C)c1cc(C(F)(F)F)cc(C(F)(F)F)c1.O=S1CCC(N2CCC[C@@H](c3ccc(F)cc3F)C2)CC1. The molecule has 4 nitrogen and oxygen atoms in total. The smallest absolute Gasteiger partial charge is 0.358 e. The number of terminal acetylenes is 1.